The van der Waals surface area contributed by atoms with Crippen LogP contribution < -0.4 is 5.32 Å². The van der Waals surface area contributed by atoms with Crippen LogP contribution in [0.4, 0.5) is 0 Å². The van der Waals surface area contributed by atoms with E-state index < -0.39 is 10.0 Å². The number of nitrogens with one attached hydrogen (secondary N) is 1. The van der Waals surface area contributed by atoms with E-state index in [-0.39, 0.29) is 0 Å². The van der Waals surface area contributed by atoms with Crippen molar-refractivity contribution in [1.82, 2.24) is 9.62 Å². The van der Waals surface area contributed by atoms with Gasteiger partial charge >= 0.3 is 0 Å². The summed E-state index contributed by atoms with van der Waals surface area (Å²) in [6, 6.07) is 3.69. The fourth-order valence-corrected chi connectivity index (χ4v) is 5.13. The third-order valence-corrected chi connectivity index (χ3v) is 7.28. The first-order valence-electron chi connectivity index (χ1n) is 7.37. The van der Waals surface area contributed by atoms with Gasteiger partial charge in [0.15, 0.2) is 0 Å². The SMILES string of the molecule is CCN(CC)S(=O)(=O)c1ccc(CCNCC2CC2)s1. The van der Waals surface area contributed by atoms with Gasteiger partial charge in [-0.15, -0.1) is 11.3 Å². The fourth-order valence-electron chi connectivity index (χ4n) is 2.16. The average Bonchev–Trinajstić information content (AvgIpc) is 3.11. The Kier molecular flexibility index (Phi) is 5.60. The van der Waals surface area contributed by atoms with Crippen molar-refractivity contribution < 1.29 is 8.42 Å². The predicted molar refractivity (Wildman–Crippen MR) is 83.7 cm³/mol. The Bertz CT molecular complexity index is 517. The Morgan fingerprint density at radius 2 is 2.00 bits per heavy atom. The third-order valence-electron chi connectivity index (χ3n) is 3.61. The summed E-state index contributed by atoms with van der Waals surface area (Å²) in [5, 5.41) is 3.44. The third kappa shape index (κ3) is 4.04. The van der Waals surface area contributed by atoms with E-state index in [0.29, 0.717) is 17.3 Å². The first-order valence-corrected chi connectivity index (χ1v) is 9.63. The highest BCUT2D eigenvalue weighted by atomic mass is 32.2. The first-order chi connectivity index (χ1) is 9.57. The zero-order valence-electron chi connectivity index (χ0n) is 12.3. The molecular weight excluding hydrogens is 292 g/mol. The summed E-state index contributed by atoms with van der Waals surface area (Å²) in [6.07, 6.45) is 3.63. The van der Waals surface area contributed by atoms with Crippen LogP contribution in [0.2, 0.25) is 0 Å². The minimum Gasteiger partial charge on any atom is -0.316 e. The van der Waals surface area contributed by atoms with E-state index in [1.165, 1.54) is 28.5 Å². The van der Waals surface area contributed by atoms with Crippen molar-refractivity contribution in [3.8, 4) is 0 Å². The molecule has 20 heavy (non-hydrogen) atoms. The molecule has 0 unspecified atom stereocenters. The van der Waals surface area contributed by atoms with Crippen molar-refractivity contribution in [2.24, 2.45) is 5.92 Å². The second-order valence-electron chi connectivity index (χ2n) is 5.21. The number of hydrogen-bond acceptors (Lipinski definition) is 4. The van der Waals surface area contributed by atoms with Crippen molar-refractivity contribution >= 4 is 21.4 Å². The molecule has 0 bridgehead atoms. The van der Waals surface area contributed by atoms with Gasteiger partial charge in [0.25, 0.3) is 10.0 Å². The highest BCUT2D eigenvalue weighted by Crippen LogP contribution is 2.28. The smallest absolute Gasteiger partial charge is 0.252 e. The van der Waals surface area contributed by atoms with Crippen LogP contribution in [0.25, 0.3) is 0 Å². The maximum Gasteiger partial charge on any atom is 0.252 e. The van der Waals surface area contributed by atoms with Gasteiger partial charge in [0, 0.05) is 18.0 Å². The maximum absolute atomic E-state index is 12.4. The van der Waals surface area contributed by atoms with Gasteiger partial charge in [-0.25, -0.2) is 8.42 Å². The number of hydrogen-bond donors (Lipinski definition) is 1. The molecule has 1 heterocycles. The lowest BCUT2D eigenvalue weighted by atomic mass is 10.3. The molecule has 1 N–H and O–H groups in total. The molecule has 1 aliphatic carbocycles. The highest BCUT2D eigenvalue weighted by molar-refractivity contribution is 7.91. The molecule has 0 atom stereocenters. The van der Waals surface area contributed by atoms with E-state index in [1.54, 1.807) is 6.07 Å². The van der Waals surface area contributed by atoms with Gasteiger partial charge < -0.3 is 5.32 Å². The lowest BCUT2D eigenvalue weighted by Gasteiger charge is -2.16. The first kappa shape index (κ1) is 15.9. The van der Waals surface area contributed by atoms with Crippen molar-refractivity contribution in [2.75, 3.05) is 26.2 Å². The molecule has 6 heteroatoms. The largest absolute Gasteiger partial charge is 0.316 e. The van der Waals surface area contributed by atoms with Crippen LogP contribution in [0.15, 0.2) is 16.3 Å². The standard InChI is InChI=1S/C14H24N2O2S2/c1-3-16(4-2)20(17,18)14-8-7-13(19-14)9-10-15-11-12-5-6-12/h7-8,12,15H,3-6,9-11H2,1-2H3. The molecule has 0 radical (unpaired) electrons. The Hall–Kier alpha value is -0.430. The second-order valence-corrected chi connectivity index (χ2v) is 8.54. The van der Waals surface area contributed by atoms with Crippen LogP contribution in [0.3, 0.4) is 0 Å². The fraction of sp³-hybridized carbons (Fsp3) is 0.714. The van der Waals surface area contributed by atoms with Gasteiger partial charge in [0.2, 0.25) is 0 Å². The molecule has 0 aromatic carbocycles. The van der Waals surface area contributed by atoms with Gasteiger partial charge in [-0.2, -0.15) is 4.31 Å². The summed E-state index contributed by atoms with van der Waals surface area (Å²) in [7, 11) is -3.28. The summed E-state index contributed by atoms with van der Waals surface area (Å²) in [6.45, 7) is 6.83. The topological polar surface area (TPSA) is 49.4 Å². The van der Waals surface area contributed by atoms with Gasteiger partial charge in [-0.3, -0.25) is 0 Å². The van der Waals surface area contributed by atoms with E-state index in [0.717, 1.165) is 30.3 Å². The van der Waals surface area contributed by atoms with Gasteiger partial charge in [0.1, 0.15) is 4.21 Å². The molecule has 1 fully saturated rings. The monoisotopic (exact) mass is 316 g/mol. The Labute approximate surface area is 126 Å². The summed E-state index contributed by atoms with van der Waals surface area (Å²) >= 11 is 1.40. The van der Waals surface area contributed by atoms with Crippen LogP contribution in [-0.4, -0.2) is 38.9 Å². The van der Waals surface area contributed by atoms with Crippen LogP contribution in [-0.2, 0) is 16.4 Å². The Morgan fingerprint density at radius 1 is 1.30 bits per heavy atom. The molecule has 0 spiro atoms. The van der Waals surface area contributed by atoms with Crippen LogP contribution in [0.5, 0.6) is 0 Å². The Morgan fingerprint density at radius 3 is 2.60 bits per heavy atom. The number of nitrogens with zero attached hydrogens (tertiary/aromatic N) is 1. The van der Waals surface area contributed by atoms with Crippen molar-refractivity contribution in [2.45, 2.75) is 37.3 Å². The second kappa shape index (κ2) is 7.02. The zero-order chi connectivity index (χ0) is 14.6. The molecule has 1 aromatic rings. The predicted octanol–water partition coefficient (Wildman–Crippen LogP) is 2.32. The summed E-state index contributed by atoms with van der Waals surface area (Å²) in [5.41, 5.74) is 0. The Balaban J connectivity index is 1.89. The van der Waals surface area contributed by atoms with Crippen molar-refractivity contribution in [3.63, 3.8) is 0 Å². The minimum absolute atomic E-state index is 0.471. The van der Waals surface area contributed by atoms with Gasteiger partial charge in [0.05, 0.1) is 0 Å². The summed E-state index contributed by atoms with van der Waals surface area (Å²) < 4.78 is 26.7. The molecule has 114 valence electrons. The minimum atomic E-state index is -3.28. The average molecular weight is 316 g/mol. The van der Waals surface area contributed by atoms with Crippen LogP contribution in [0, 0.1) is 5.92 Å². The molecule has 4 nitrogen and oxygen atoms in total. The van der Waals surface area contributed by atoms with Crippen LogP contribution >= 0.6 is 11.3 Å². The van der Waals surface area contributed by atoms with Crippen molar-refractivity contribution in [3.05, 3.63) is 17.0 Å². The molecule has 0 amide bonds. The highest BCUT2D eigenvalue weighted by Gasteiger charge is 2.23. The molecule has 1 saturated carbocycles. The van der Waals surface area contributed by atoms with E-state index in [2.05, 4.69) is 5.32 Å². The molecule has 0 aliphatic heterocycles. The number of rotatable bonds is 9. The van der Waals surface area contributed by atoms with E-state index in [4.69, 9.17) is 0 Å². The van der Waals surface area contributed by atoms with Gasteiger partial charge in [-0.1, -0.05) is 13.8 Å². The van der Waals surface area contributed by atoms with Crippen LogP contribution in [0.1, 0.15) is 31.6 Å². The maximum atomic E-state index is 12.4. The quantitative estimate of drug-likeness (QED) is 0.711. The normalized spacial score (nSPS) is 15.9. The molecule has 1 aliphatic rings. The molecule has 0 saturated heterocycles. The molecule has 2 rings (SSSR count). The van der Waals surface area contributed by atoms with E-state index >= 15 is 0 Å². The lowest BCUT2D eigenvalue weighted by molar-refractivity contribution is 0.447. The molecular formula is C14H24N2O2S2. The van der Waals surface area contributed by atoms with E-state index in [1.807, 2.05) is 19.9 Å². The summed E-state index contributed by atoms with van der Waals surface area (Å²) in [5.74, 6) is 0.886. The zero-order valence-corrected chi connectivity index (χ0v) is 13.9. The summed E-state index contributed by atoms with van der Waals surface area (Å²) in [4.78, 5) is 1.14. The van der Waals surface area contributed by atoms with Crippen molar-refractivity contribution in [1.29, 1.82) is 0 Å². The van der Waals surface area contributed by atoms with E-state index in [9.17, 15) is 8.42 Å². The lowest BCUT2D eigenvalue weighted by Crippen LogP contribution is -2.29. The molecule has 1 aromatic heterocycles. The number of thiophene rings is 1. The number of sulfonamides is 1. The van der Waals surface area contributed by atoms with Gasteiger partial charge in [-0.05, 0) is 50.4 Å².